The maximum Gasteiger partial charge on any atom is 0.339 e. The number of hydrogen-bond donors (Lipinski definition) is 1. The highest BCUT2D eigenvalue weighted by atomic mass is 16.5. The highest BCUT2D eigenvalue weighted by molar-refractivity contribution is 6.05. The molecule has 0 bridgehead atoms. The zero-order valence-corrected chi connectivity index (χ0v) is 20.1. The van der Waals surface area contributed by atoms with Crippen LogP contribution in [0.25, 0.3) is 22.2 Å². The van der Waals surface area contributed by atoms with E-state index in [9.17, 15) is 14.4 Å². The summed E-state index contributed by atoms with van der Waals surface area (Å²) < 4.78 is 10.5. The Balaban J connectivity index is 1.48. The van der Waals surface area contributed by atoms with Crippen LogP contribution in [0, 0.1) is 0 Å². The van der Waals surface area contributed by atoms with Gasteiger partial charge in [0, 0.05) is 36.3 Å². The van der Waals surface area contributed by atoms with E-state index >= 15 is 0 Å². The molecule has 0 aliphatic heterocycles. The van der Waals surface area contributed by atoms with E-state index in [-0.39, 0.29) is 5.91 Å². The summed E-state index contributed by atoms with van der Waals surface area (Å²) in [5, 5.41) is 3.29. The third-order valence-electron chi connectivity index (χ3n) is 5.48. The highest BCUT2D eigenvalue weighted by Crippen LogP contribution is 2.27. The third kappa shape index (κ3) is 5.50. The number of anilines is 1. The second-order valence-corrected chi connectivity index (χ2v) is 8.20. The summed E-state index contributed by atoms with van der Waals surface area (Å²) in [4.78, 5) is 43.5. The van der Waals surface area contributed by atoms with Crippen molar-refractivity contribution in [2.75, 3.05) is 33.1 Å². The Bertz CT molecular complexity index is 1410. The Morgan fingerprint density at radius 3 is 2.28 bits per heavy atom. The monoisotopic (exact) mass is 483 g/mol. The zero-order valence-electron chi connectivity index (χ0n) is 20.1. The number of nitrogens with one attached hydrogen (secondary N) is 1. The summed E-state index contributed by atoms with van der Waals surface area (Å²) in [5.41, 5.74) is 3.34. The lowest BCUT2D eigenvalue weighted by Gasteiger charge is -2.12. The van der Waals surface area contributed by atoms with E-state index in [1.54, 1.807) is 57.6 Å². The van der Waals surface area contributed by atoms with E-state index in [1.807, 2.05) is 42.5 Å². The van der Waals surface area contributed by atoms with E-state index in [1.165, 1.54) is 4.90 Å². The van der Waals surface area contributed by atoms with Crippen LogP contribution in [0.15, 0.2) is 78.9 Å². The average molecular weight is 484 g/mol. The molecule has 0 spiro atoms. The smallest absolute Gasteiger partial charge is 0.339 e. The van der Waals surface area contributed by atoms with Crippen molar-refractivity contribution in [2.24, 2.45) is 0 Å². The molecule has 0 aliphatic rings. The number of carbonyl (C=O) groups is 3. The zero-order chi connectivity index (χ0) is 25.7. The van der Waals surface area contributed by atoms with Crippen LogP contribution in [-0.2, 0) is 9.53 Å². The van der Waals surface area contributed by atoms with Crippen molar-refractivity contribution < 1.29 is 23.9 Å². The molecular formula is C28H25N3O5. The summed E-state index contributed by atoms with van der Waals surface area (Å²) in [6.45, 7) is -0.467. The van der Waals surface area contributed by atoms with E-state index in [0.29, 0.717) is 39.2 Å². The summed E-state index contributed by atoms with van der Waals surface area (Å²) in [6, 6.07) is 22.7. The minimum atomic E-state index is -0.634. The van der Waals surface area contributed by atoms with Gasteiger partial charge in [0.25, 0.3) is 11.8 Å². The molecule has 0 unspecified atom stereocenters. The van der Waals surface area contributed by atoms with Gasteiger partial charge < -0.3 is 19.7 Å². The largest absolute Gasteiger partial charge is 0.497 e. The van der Waals surface area contributed by atoms with E-state index in [0.717, 1.165) is 5.56 Å². The molecule has 1 heterocycles. The van der Waals surface area contributed by atoms with E-state index < -0.39 is 18.5 Å². The van der Waals surface area contributed by atoms with Crippen LogP contribution in [0.3, 0.4) is 0 Å². The Morgan fingerprint density at radius 2 is 1.61 bits per heavy atom. The molecule has 2 amide bonds. The first kappa shape index (κ1) is 24.4. The molecule has 0 radical (unpaired) electrons. The number of methoxy groups -OCH3 is 1. The maximum atomic E-state index is 13.0. The lowest BCUT2D eigenvalue weighted by Crippen LogP contribution is -2.22. The van der Waals surface area contributed by atoms with Gasteiger partial charge in [0.05, 0.1) is 23.9 Å². The SMILES string of the molecule is COc1ccc(-c2cc(C(=O)OCC(=O)Nc3ccc(C(=O)N(C)C)cc3)c3ccccc3n2)cc1. The van der Waals surface area contributed by atoms with Crippen LogP contribution in [-0.4, -0.2) is 55.5 Å². The lowest BCUT2D eigenvalue weighted by molar-refractivity contribution is -0.119. The average Bonchev–Trinajstić information content (AvgIpc) is 2.91. The number of hydrogen-bond acceptors (Lipinski definition) is 6. The number of ether oxygens (including phenoxy) is 2. The summed E-state index contributed by atoms with van der Waals surface area (Å²) >= 11 is 0. The fraction of sp³-hybridized carbons (Fsp3) is 0.143. The van der Waals surface area contributed by atoms with Gasteiger partial charge in [-0.05, 0) is 60.7 Å². The second kappa shape index (κ2) is 10.7. The number of carbonyl (C=O) groups excluding carboxylic acids is 3. The molecule has 8 heteroatoms. The quantitative estimate of drug-likeness (QED) is 0.391. The number of para-hydroxylation sites is 1. The predicted molar refractivity (Wildman–Crippen MR) is 137 cm³/mol. The lowest BCUT2D eigenvalue weighted by atomic mass is 10.0. The van der Waals surface area contributed by atoms with Crippen LogP contribution in [0.4, 0.5) is 5.69 Å². The van der Waals surface area contributed by atoms with Crippen molar-refractivity contribution in [3.8, 4) is 17.0 Å². The van der Waals surface area contributed by atoms with Gasteiger partial charge in [-0.3, -0.25) is 9.59 Å². The van der Waals surface area contributed by atoms with Crippen molar-refractivity contribution in [3.05, 3.63) is 90.0 Å². The van der Waals surface area contributed by atoms with Crippen molar-refractivity contribution in [3.63, 3.8) is 0 Å². The molecule has 182 valence electrons. The van der Waals surface area contributed by atoms with Crippen LogP contribution in [0.5, 0.6) is 5.75 Å². The number of esters is 1. The maximum absolute atomic E-state index is 13.0. The highest BCUT2D eigenvalue weighted by Gasteiger charge is 2.17. The van der Waals surface area contributed by atoms with Crippen LogP contribution in [0.2, 0.25) is 0 Å². The second-order valence-electron chi connectivity index (χ2n) is 8.20. The minimum absolute atomic E-state index is 0.139. The van der Waals surface area contributed by atoms with Gasteiger partial charge in [-0.15, -0.1) is 0 Å². The third-order valence-corrected chi connectivity index (χ3v) is 5.48. The summed E-state index contributed by atoms with van der Waals surface area (Å²) in [5.74, 6) is -0.557. The number of fused-ring (bicyclic) bond motifs is 1. The molecule has 4 rings (SSSR count). The molecule has 1 N–H and O–H groups in total. The fourth-order valence-electron chi connectivity index (χ4n) is 3.61. The van der Waals surface area contributed by atoms with Gasteiger partial charge in [0.2, 0.25) is 0 Å². The Morgan fingerprint density at radius 1 is 0.917 bits per heavy atom. The summed E-state index contributed by atoms with van der Waals surface area (Å²) in [7, 11) is 4.92. The number of amides is 2. The number of pyridine rings is 1. The Hall–Kier alpha value is -4.72. The van der Waals surface area contributed by atoms with Gasteiger partial charge in [0.15, 0.2) is 6.61 Å². The first-order chi connectivity index (χ1) is 17.4. The molecule has 8 nitrogen and oxygen atoms in total. The van der Waals surface area contributed by atoms with Crippen molar-refractivity contribution in [1.29, 1.82) is 0 Å². The topological polar surface area (TPSA) is 97.8 Å². The molecule has 0 aliphatic carbocycles. The fourth-order valence-corrected chi connectivity index (χ4v) is 3.61. The molecule has 0 saturated heterocycles. The van der Waals surface area contributed by atoms with Gasteiger partial charge in [-0.2, -0.15) is 0 Å². The van der Waals surface area contributed by atoms with Gasteiger partial charge in [-0.1, -0.05) is 18.2 Å². The molecule has 0 saturated carbocycles. The normalized spacial score (nSPS) is 10.5. The number of benzene rings is 3. The molecule has 36 heavy (non-hydrogen) atoms. The molecule has 1 aromatic heterocycles. The van der Waals surface area contributed by atoms with Gasteiger partial charge in [-0.25, -0.2) is 9.78 Å². The molecule has 4 aromatic rings. The molecule has 3 aromatic carbocycles. The van der Waals surface area contributed by atoms with Gasteiger partial charge in [0.1, 0.15) is 5.75 Å². The number of aromatic nitrogens is 1. The Kier molecular flexibility index (Phi) is 7.25. The standard InChI is InChI=1S/C28H25N3O5/c1-31(2)27(33)19-8-12-20(13-9-19)29-26(32)17-36-28(34)23-16-25(18-10-14-21(35-3)15-11-18)30-24-7-5-4-6-22(23)24/h4-16H,17H2,1-3H3,(H,29,32). The van der Waals surface area contributed by atoms with Crippen LogP contribution < -0.4 is 10.1 Å². The molecule has 0 atom stereocenters. The van der Waals surface area contributed by atoms with Crippen LogP contribution in [0.1, 0.15) is 20.7 Å². The van der Waals surface area contributed by atoms with E-state index in [2.05, 4.69) is 10.3 Å². The van der Waals surface area contributed by atoms with Crippen molar-refractivity contribution in [2.45, 2.75) is 0 Å². The molecule has 0 fully saturated rings. The van der Waals surface area contributed by atoms with E-state index in [4.69, 9.17) is 9.47 Å². The first-order valence-electron chi connectivity index (χ1n) is 11.2. The predicted octanol–water partition coefficient (Wildman–Crippen LogP) is 4.41. The van der Waals surface area contributed by atoms with Crippen molar-refractivity contribution >= 4 is 34.4 Å². The van der Waals surface area contributed by atoms with Crippen molar-refractivity contribution in [1.82, 2.24) is 9.88 Å². The first-order valence-corrected chi connectivity index (χ1v) is 11.2. The number of rotatable bonds is 7. The molecular weight excluding hydrogens is 458 g/mol. The summed E-state index contributed by atoms with van der Waals surface area (Å²) in [6.07, 6.45) is 0. The number of nitrogens with zero attached hydrogens (tertiary/aromatic N) is 2. The minimum Gasteiger partial charge on any atom is -0.497 e. The van der Waals surface area contributed by atoms with Gasteiger partial charge >= 0.3 is 5.97 Å². The Labute approximate surface area is 208 Å². The van der Waals surface area contributed by atoms with Crippen LogP contribution >= 0.6 is 0 Å².